The van der Waals surface area contributed by atoms with E-state index in [4.69, 9.17) is 0 Å². The molecule has 0 unspecified atom stereocenters. The number of fused-ring (bicyclic) bond motifs is 1. The van der Waals surface area contributed by atoms with E-state index >= 15 is 0 Å². The van der Waals surface area contributed by atoms with Gasteiger partial charge >= 0.3 is 0 Å². The molecule has 4 aromatic rings. The van der Waals surface area contributed by atoms with Crippen molar-refractivity contribution in [1.82, 2.24) is 0 Å². The molecular formula is C34H31F. The van der Waals surface area contributed by atoms with Crippen LogP contribution in [0.1, 0.15) is 46.2 Å². The van der Waals surface area contributed by atoms with Gasteiger partial charge in [-0.3, -0.25) is 0 Å². The SMILES string of the molecule is C=CCCc1ccc(CCc2ccc(C#Cc3ccc4c(F)c(CCC=C)ccc4c3)cc2)cc1. The molecule has 0 spiro atoms. The quantitative estimate of drug-likeness (QED) is 0.174. The Balaban J connectivity index is 1.38. The van der Waals surface area contributed by atoms with Crippen molar-refractivity contribution in [3.8, 4) is 11.8 Å². The number of hydrogen-bond acceptors (Lipinski definition) is 0. The molecule has 174 valence electrons. The van der Waals surface area contributed by atoms with Gasteiger partial charge in [0, 0.05) is 16.5 Å². The van der Waals surface area contributed by atoms with E-state index in [2.05, 4.69) is 73.5 Å². The summed E-state index contributed by atoms with van der Waals surface area (Å²) >= 11 is 0. The van der Waals surface area contributed by atoms with Gasteiger partial charge in [-0.2, -0.15) is 0 Å². The van der Waals surface area contributed by atoms with Gasteiger partial charge in [0.05, 0.1) is 0 Å². The van der Waals surface area contributed by atoms with Crippen LogP contribution in [-0.4, -0.2) is 0 Å². The molecule has 4 aromatic carbocycles. The highest BCUT2D eigenvalue weighted by atomic mass is 19.1. The first-order chi connectivity index (χ1) is 17.2. The van der Waals surface area contributed by atoms with E-state index in [1.807, 2.05) is 42.5 Å². The second kappa shape index (κ2) is 12.0. The molecule has 0 aliphatic heterocycles. The summed E-state index contributed by atoms with van der Waals surface area (Å²) in [4.78, 5) is 0. The maximum atomic E-state index is 14.8. The minimum Gasteiger partial charge on any atom is -0.206 e. The van der Waals surface area contributed by atoms with E-state index in [0.717, 1.165) is 54.2 Å². The Morgan fingerprint density at radius 3 is 1.80 bits per heavy atom. The van der Waals surface area contributed by atoms with Crippen molar-refractivity contribution in [3.05, 3.63) is 143 Å². The van der Waals surface area contributed by atoms with Crippen molar-refractivity contribution >= 4 is 10.8 Å². The van der Waals surface area contributed by atoms with Gasteiger partial charge < -0.3 is 0 Å². The van der Waals surface area contributed by atoms with Crippen LogP contribution in [0.4, 0.5) is 4.39 Å². The lowest BCUT2D eigenvalue weighted by Crippen LogP contribution is -1.92. The average Bonchev–Trinajstić information content (AvgIpc) is 2.90. The highest BCUT2D eigenvalue weighted by Gasteiger charge is 2.07. The van der Waals surface area contributed by atoms with E-state index in [1.165, 1.54) is 16.7 Å². The Morgan fingerprint density at radius 1 is 0.600 bits per heavy atom. The van der Waals surface area contributed by atoms with Gasteiger partial charge in [0.15, 0.2) is 0 Å². The molecule has 0 saturated carbocycles. The van der Waals surface area contributed by atoms with E-state index in [-0.39, 0.29) is 5.82 Å². The maximum Gasteiger partial charge on any atom is 0.134 e. The lowest BCUT2D eigenvalue weighted by molar-refractivity contribution is 0.621. The zero-order valence-electron chi connectivity index (χ0n) is 20.2. The molecule has 0 bridgehead atoms. The molecule has 0 amide bonds. The molecule has 1 heteroatoms. The highest BCUT2D eigenvalue weighted by molar-refractivity contribution is 5.85. The van der Waals surface area contributed by atoms with Gasteiger partial charge in [-0.1, -0.05) is 78.6 Å². The zero-order valence-corrected chi connectivity index (χ0v) is 20.2. The molecule has 0 aliphatic carbocycles. The zero-order chi connectivity index (χ0) is 24.5. The Labute approximate surface area is 208 Å². The summed E-state index contributed by atoms with van der Waals surface area (Å²) in [7, 11) is 0. The molecular weight excluding hydrogens is 427 g/mol. The summed E-state index contributed by atoms with van der Waals surface area (Å²) < 4.78 is 14.8. The molecule has 0 aliphatic rings. The first-order valence-electron chi connectivity index (χ1n) is 12.3. The lowest BCUT2D eigenvalue weighted by atomic mass is 10.0. The number of hydrogen-bond donors (Lipinski definition) is 0. The number of allylic oxidation sites excluding steroid dienone is 2. The molecule has 0 fully saturated rings. The first-order valence-corrected chi connectivity index (χ1v) is 12.3. The third-order valence-electron chi connectivity index (χ3n) is 6.32. The number of aryl methyl sites for hydroxylation is 4. The fourth-order valence-corrected chi connectivity index (χ4v) is 4.19. The Kier molecular flexibility index (Phi) is 8.31. The molecule has 4 rings (SSSR count). The Morgan fingerprint density at radius 2 is 1.14 bits per heavy atom. The minimum absolute atomic E-state index is 0.136. The second-order valence-corrected chi connectivity index (χ2v) is 8.89. The number of rotatable bonds is 9. The third kappa shape index (κ3) is 6.58. The van der Waals surface area contributed by atoms with Crippen LogP contribution >= 0.6 is 0 Å². The summed E-state index contributed by atoms with van der Waals surface area (Å²) in [6, 6.07) is 26.9. The molecule has 0 saturated heterocycles. The van der Waals surface area contributed by atoms with Gasteiger partial charge in [-0.25, -0.2) is 4.39 Å². The van der Waals surface area contributed by atoms with Gasteiger partial charge in [0.1, 0.15) is 5.82 Å². The minimum atomic E-state index is -0.136. The monoisotopic (exact) mass is 458 g/mol. The molecule has 0 atom stereocenters. The second-order valence-electron chi connectivity index (χ2n) is 8.89. The van der Waals surface area contributed by atoms with E-state index in [1.54, 1.807) is 0 Å². The molecule has 0 N–H and O–H groups in total. The Bertz CT molecular complexity index is 1360. The van der Waals surface area contributed by atoms with Crippen LogP contribution in [-0.2, 0) is 25.7 Å². The average molecular weight is 459 g/mol. The van der Waals surface area contributed by atoms with E-state index < -0.39 is 0 Å². The van der Waals surface area contributed by atoms with Crippen molar-refractivity contribution in [2.75, 3.05) is 0 Å². The summed E-state index contributed by atoms with van der Waals surface area (Å²) in [5.74, 6) is 6.33. The maximum absolute atomic E-state index is 14.8. The number of halogens is 1. The van der Waals surface area contributed by atoms with Crippen LogP contribution in [0.15, 0.2) is 104 Å². The third-order valence-corrected chi connectivity index (χ3v) is 6.32. The predicted octanol–water partition coefficient (Wildman–Crippen LogP) is 8.40. The predicted molar refractivity (Wildman–Crippen MR) is 147 cm³/mol. The van der Waals surface area contributed by atoms with Crippen molar-refractivity contribution < 1.29 is 4.39 Å². The van der Waals surface area contributed by atoms with Crippen molar-refractivity contribution in [3.63, 3.8) is 0 Å². The van der Waals surface area contributed by atoms with Crippen molar-refractivity contribution in [2.45, 2.75) is 38.5 Å². The van der Waals surface area contributed by atoms with Crippen LogP contribution < -0.4 is 0 Å². The van der Waals surface area contributed by atoms with Crippen molar-refractivity contribution in [2.24, 2.45) is 0 Å². The van der Waals surface area contributed by atoms with Gasteiger partial charge in [0.25, 0.3) is 0 Å². The fourth-order valence-electron chi connectivity index (χ4n) is 4.19. The normalized spacial score (nSPS) is 10.5. The highest BCUT2D eigenvalue weighted by Crippen LogP contribution is 2.23. The topological polar surface area (TPSA) is 0 Å². The van der Waals surface area contributed by atoms with E-state index in [0.29, 0.717) is 11.8 Å². The van der Waals surface area contributed by atoms with Crippen LogP contribution in [0.3, 0.4) is 0 Å². The Hall–Kier alpha value is -3.89. The number of benzene rings is 4. The molecule has 0 heterocycles. The van der Waals surface area contributed by atoms with Crippen LogP contribution in [0.2, 0.25) is 0 Å². The van der Waals surface area contributed by atoms with Gasteiger partial charge in [-0.15, -0.1) is 13.2 Å². The summed E-state index contributed by atoms with van der Waals surface area (Å²) in [6.45, 7) is 7.51. The largest absolute Gasteiger partial charge is 0.206 e. The first kappa shape index (κ1) is 24.2. The molecule has 0 radical (unpaired) electrons. The fraction of sp³-hybridized carbons (Fsp3) is 0.176. The van der Waals surface area contributed by atoms with Crippen molar-refractivity contribution in [1.29, 1.82) is 0 Å². The summed E-state index contributed by atoms with van der Waals surface area (Å²) in [6.07, 6.45) is 9.33. The summed E-state index contributed by atoms with van der Waals surface area (Å²) in [5, 5.41) is 1.52. The van der Waals surface area contributed by atoms with Crippen LogP contribution in [0.5, 0.6) is 0 Å². The molecule has 0 aromatic heterocycles. The standard InChI is InChI=1S/C34H31F/c1-3-5-7-26-9-11-27(12-10-26)13-14-28-15-17-29(18-16-28)19-20-30-21-24-33-32(25-30)23-22-31(34(33)35)8-6-4-2/h3-4,9-12,15-18,21-25H,1-2,5-8,13-14H2. The van der Waals surface area contributed by atoms with Crippen LogP contribution in [0, 0.1) is 17.7 Å². The van der Waals surface area contributed by atoms with E-state index in [9.17, 15) is 4.39 Å². The molecule has 0 nitrogen and oxygen atoms in total. The lowest BCUT2D eigenvalue weighted by Gasteiger charge is -2.06. The van der Waals surface area contributed by atoms with Gasteiger partial charge in [0.2, 0.25) is 0 Å². The summed E-state index contributed by atoms with van der Waals surface area (Å²) in [5.41, 5.74) is 6.62. The van der Waals surface area contributed by atoms with Gasteiger partial charge in [-0.05, 0) is 90.4 Å². The smallest absolute Gasteiger partial charge is 0.134 e. The van der Waals surface area contributed by atoms with Crippen LogP contribution in [0.25, 0.3) is 10.8 Å². The molecule has 35 heavy (non-hydrogen) atoms.